The van der Waals surface area contributed by atoms with E-state index in [1.165, 1.54) is 12.0 Å². The lowest BCUT2D eigenvalue weighted by Gasteiger charge is -2.24. The number of H-pyrrole nitrogens is 1. The number of imidazole rings is 1. The molecule has 3 aromatic carbocycles. The lowest BCUT2D eigenvalue weighted by Crippen LogP contribution is -2.40. The number of nitrogens with zero attached hydrogens (tertiary/aromatic N) is 3. The van der Waals surface area contributed by atoms with Crippen LogP contribution in [0.25, 0.3) is 22.6 Å². The first-order valence-electron chi connectivity index (χ1n) is 13.2. The molecule has 0 spiro atoms. The average Bonchev–Trinajstić information content (AvgIpc) is 3.42. The van der Waals surface area contributed by atoms with Crippen LogP contribution in [0.2, 0.25) is 0 Å². The first-order valence-corrected chi connectivity index (χ1v) is 13.2. The number of pyridine rings is 1. The lowest BCUT2D eigenvalue weighted by molar-refractivity contribution is -0.140. The van der Waals surface area contributed by atoms with Crippen LogP contribution in [0, 0.1) is 0 Å². The van der Waals surface area contributed by atoms with Crippen molar-refractivity contribution in [2.24, 2.45) is 0 Å². The molecule has 0 saturated carbocycles. The zero-order valence-corrected chi connectivity index (χ0v) is 22.3. The van der Waals surface area contributed by atoms with Crippen LogP contribution < -0.4 is 10.2 Å². The fourth-order valence-corrected chi connectivity index (χ4v) is 5.22. The normalized spacial score (nSPS) is 14.2. The topological polar surface area (TPSA) is 117 Å². The fraction of sp³-hybridized carbons (Fsp3) is 0.156. The molecule has 2 amide bonds. The number of carbonyl (C=O) groups is 3. The molecule has 1 aliphatic heterocycles. The maximum Gasteiger partial charge on any atom is 0.306 e. The third-order valence-corrected chi connectivity index (χ3v) is 7.26. The second-order valence-corrected chi connectivity index (χ2v) is 9.80. The number of hydrogen-bond acceptors (Lipinski definition) is 6. The van der Waals surface area contributed by atoms with Crippen molar-refractivity contribution in [1.82, 2.24) is 20.3 Å². The SMILES string of the molecule is COC(=O)CC1c2ccccc2C(=O)N(CC(=O)NCc2ccc(-c3nc4ccccc4[nH]3)nc2)c2ccccc21. The van der Waals surface area contributed by atoms with Gasteiger partial charge in [0.15, 0.2) is 5.82 Å². The molecule has 1 aliphatic rings. The Morgan fingerprint density at radius 1 is 0.951 bits per heavy atom. The summed E-state index contributed by atoms with van der Waals surface area (Å²) in [6.07, 6.45) is 1.78. The van der Waals surface area contributed by atoms with Gasteiger partial charge in [0.2, 0.25) is 5.91 Å². The van der Waals surface area contributed by atoms with Crippen LogP contribution in [-0.2, 0) is 20.9 Å². The summed E-state index contributed by atoms with van der Waals surface area (Å²) < 4.78 is 4.95. The average molecular weight is 546 g/mol. The molecular formula is C32H27N5O4. The number of anilines is 1. The van der Waals surface area contributed by atoms with Gasteiger partial charge in [-0.15, -0.1) is 0 Å². The molecule has 0 bridgehead atoms. The fourth-order valence-electron chi connectivity index (χ4n) is 5.22. The van der Waals surface area contributed by atoms with Gasteiger partial charge in [-0.3, -0.25) is 24.3 Å². The number of rotatable bonds is 7. The second-order valence-electron chi connectivity index (χ2n) is 9.80. The van der Waals surface area contributed by atoms with Gasteiger partial charge in [-0.1, -0.05) is 54.6 Å². The third-order valence-electron chi connectivity index (χ3n) is 7.26. The standard InChI is InChI=1S/C32H27N5O4/c1-41-30(39)16-24-21-8-2-3-10-23(21)32(40)37(28-13-7-4-9-22(24)28)19-29(38)34-18-20-14-15-27(33-17-20)31-35-25-11-5-6-12-26(25)36-31/h2-15,17,24H,16,18-19H2,1H3,(H,34,38)(H,35,36). The molecule has 2 N–H and O–H groups in total. The first-order chi connectivity index (χ1) is 20.0. The van der Waals surface area contributed by atoms with Crippen molar-refractivity contribution in [3.8, 4) is 11.5 Å². The Kier molecular flexibility index (Phi) is 6.99. The van der Waals surface area contributed by atoms with Crippen molar-refractivity contribution in [3.63, 3.8) is 0 Å². The van der Waals surface area contributed by atoms with Crippen LogP contribution in [0.15, 0.2) is 91.1 Å². The van der Waals surface area contributed by atoms with Crippen LogP contribution in [-0.4, -0.2) is 46.4 Å². The Morgan fingerprint density at radius 2 is 1.71 bits per heavy atom. The zero-order valence-electron chi connectivity index (χ0n) is 22.3. The van der Waals surface area contributed by atoms with Crippen molar-refractivity contribution in [2.75, 3.05) is 18.6 Å². The van der Waals surface area contributed by atoms with Gasteiger partial charge in [0.25, 0.3) is 5.91 Å². The summed E-state index contributed by atoms with van der Waals surface area (Å²) in [5.41, 5.74) is 5.87. The first kappa shape index (κ1) is 25.9. The molecule has 0 aliphatic carbocycles. The number of methoxy groups -OCH3 is 1. The van der Waals surface area contributed by atoms with E-state index in [0.29, 0.717) is 22.8 Å². The molecule has 5 aromatic rings. The van der Waals surface area contributed by atoms with Gasteiger partial charge < -0.3 is 15.0 Å². The van der Waals surface area contributed by atoms with Crippen LogP contribution in [0.4, 0.5) is 5.69 Å². The Hall–Kier alpha value is -5.31. The van der Waals surface area contributed by atoms with Crippen molar-refractivity contribution >= 4 is 34.5 Å². The quantitative estimate of drug-likeness (QED) is 0.289. The lowest BCUT2D eigenvalue weighted by atomic mass is 9.86. The highest BCUT2D eigenvalue weighted by Gasteiger charge is 2.34. The number of esters is 1. The zero-order chi connectivity index (χ0) is 28.3. The van der Waals surface area contributed by atoms with Gasteiger partial charge in [0.05, 0.1) is 24.6 Å². The largest absolute Gasteiger partial charge is 0.469 e. The molecule has 6 rings (SSSR count). The Balaban J connectivity index is 1.20. The number of ether oxygens (including phenoxy) is 1. The van der Waals surface area contributed by atoms with Gasteiger partial charge in [0, 0.05) is 29.9 Å². The van der Waals surface area contributed by atoms with E-state index in [1.807, 2.05) is 66.7 Å². The van der Waals surface area contributed by atoms with Crippen molar-refractivity contribution in [3.05, 3.63) is 113 Å². The summed E-state index contributed by atoms with van der Waals surface area (Å²) in [7, 11) is 1.35. The van der Waals surface area contributed by atoms with Gasteiger partial charge in [-0.25, -0.2) is 4.98 Å². The minimum atomic E-state index is -0.386. The summed E-state index contributed by atoms with van der Waals surface area (Å²) in [5.74, 6) is -0.710. The number of benzene rings is 3. The molecule has 0 fully saturated rings. The van der Waals surface area contributed by atoms with E-state index in [1.54, 1.807) is 24.4 Å². The van der Waals surface area contributed by atoms with E-state index in [4.69, 9.17) is 4.74 Å². The number of aromatic amines is 1. The molecule has 2 aromatic heterocycles. The Bertz CT molecular complexity index is 1730. The van der Waals surface area contributed by atoms with Gasteiger partial charge in [-0.2, -0.15) is 0 Å². The highest BCUT2D eigenvalue weighted by atomic mass is 16.5. The third kappa shape index (κ3) is 5.17. The molecule has 41 heavy (non-hydrogen) atoms. The van der Waals surface area contributed by atoms with E-state index in [0.717, 1.165) is 27.7 Å². The van der Waals surface area contributed by atoms with Gasteiger partial charge >= 0.3 is 5.97 Å². The molecule has 9 nitrogen and oxygen atoms in total. The van der Waals surface area contributed by atoms with E-state index < -0.39 is 0 Å². The van der Waals surface area contributed by atoms with E-state index in [2.05, 4.69) is 20.3 Å². The van der Waals surface area contributed by atoms with Crippen LogP contribution in [0.1, 0.15) is 39.4 Å². The molecular weight excluding hydrogens is 518 g/mol. The number of fused-ring (bicyclic) bond motifs is 3. The van der Waals surface area contributed by atoms with Crippen molar-refractivity contribution in [2.45, 2.75) is 18.9 Å². The van der Waals surface area contributed by atoms with Gasteiger partial charge in [-0.05, 0) is 47.0 Å². The van der Waals surface area contributed by atoms with E-state index >= 15 is 0 Å². The summed E-state index contributed by atoms with van der Waals surface area (Å²) in [5, 5.41) is 2.90. The highest BCUT2D eigenvalue weighted by molar-refractivity contribution is 6.11. The number of para-hydroxylation sites is 3. The van der Waals surface area contributed by atoms with Gasteiger partial charge in [0.1, 0.15) is 12.2 Å². The maximum atomic E-state index is 13.8. The molecule has 1 atom stereocenters. The van der Waals surface area contributed by atoms with Crippen molar-refractivity contribution in [1.29, 1.82) is 0 Å². The maximum absolute atomic E-state index is 13.8. The highest BCUT2D eigenvalue weighted by Crippen LogP contribution is 2.40. The second kappa shape index (κ2) is 11.1. The van der Waals surface area contributed by atoms with E-state index in [-0.39, 0.29) is 43.2 Å². The summed E-state index contributed by atoms with van der Waals surface area (Å²) in [4.78, 5) is 53.0. The molecule has 1 unspecified atom stereocenters. The van der Waals surface area contributed by atoms with E-state index in [9.17, 15) is 14.4 Å². The Morgan fingerprint density at radius 3 is 2.49 bits per heavy atom. The number of hydrogen-bond donors (Lipinski definition) is 2. The number of carbonyl (C=O) groups excluding carboxylic acids is 3. The Labute approximate surface area is 236 Å². The summed E-state index contributed by atoms with van der Waals surface area (Å²) >= 11 is 0. The molecule has 0 saturated heterocycles. The summed E-state index contributed by atoms with van der Waals surface area (Å²) in [6, 6.07) is 26.1. The number of amides is 2. The molecule has 9 heteroatoms. The predicted molar refractivity (Wildman–Crippen MR) is 154 cm³/mol. The van der Waals surface area contributed by atoms with Crippen LogP contribution >= 0.6 is 0 Å². The minimum absolute atomic E-state index is 0.0782. The van der Waals surface area contributed by atoms with Crippen molar-refractivity contribution < 1.29 is 19.1 Å². The molecule has 0 radical (unpaired) electrons. The van der Waals surface area contributed by atoms with Crippen LogP contribution in [0.5, 0.6) is 0 Å². The molecule has 204 valence electrons. The summed E-state index contributed by atoms with van der Waals surface area (Å²) in [6.45, 7) is 0.0666. The number of aromatic nitrogens is 3. The molecule has 3 heterocycles. The minimum Gasteiger partial charge on any atom is -0.469 e. The smallest absolute Gasteiger partial charge is 0.306 e. The number of nitrogens with one attached hydrogen (secondary N) is 2. The predicted octanol–water partition coefficient (Wildman–Crippen LogP) is 4.60. The monoisotopic (exact) mass is 545 g/mol. The van der Waals surface area contributed by atoms with Crippen LogP contribution in [0.3, 0.4) is 0 Å².